The number of hydrogen-bond donors (Lipinski definition) is 0. The van der Waals surface area contributed by atoms with Crippen molar-refractivity contribution in [2.75, 3.05) is 42.7 Å². The number of aryl methyl sites for hydroxylation is 12. The highest BCUT2D eigenvalue weighted by molar-refractivity contribution is 5.66. The van der Waals surface area contributed by atoms with E-state index in [9.17, 15) is 0 Å². The Balaban J connectivity index is 1.78. The Hall–Kier alpha value is -6.66. The van der Waals surface area contributed by atoms with E-state index in [-0.39, 0.29) is 0 Å². The fourth-order valence-electron chi connectivity index (χ4n) is 12.4. The van der Waals surface area contributed by atoms with Crippen molar-refractivity contribution in [3.63, 3.8) is 0 Å². The second kappa shape index (κ2) is 20.1. The zero-order valence-electron chi connectivity index (χ0n) is 47.1. The van der Waals surface area contributed by atoms with Gasteiger partial charge in [0, 0.05) is 16.2 Å². The summed E-state index contributed by atoms with van der Waals surface area (Å²) in [6.45, 7) is 33.1. The summed E-state index contributed by atoms with van der Waals surface area (Å²) >= 11 is 0. The molecule has 0 aromatic heterocycles. The Kier molecular flexibility index (Phi) is 14.8. The van der Waals surface area contributed by atoms with Crippen molar-refractivity contribution in [1.82, 2.24) is 0 Å². The number of benzene rings is 7. The largest absolute Gasteiger partial charge is 0.496 e. The number of rotatable bonds is 15. The van der Waals surface area contributed by atoms with Crippen LogP contribution in [0, 0.1) is 83.1 Å². The van der Waals surface area contributed by atoms with Gasteiger partial charge in [0.1, 0.15) is 34.5 Å². The van der Waals surface area contributed by atoms with Crippen LogP contribution < -0.4 is 28.4 Å². The molecule has 0 aliphatic carbocycles. The normalized spacial score (nSPS) is 12.0. The van der Waals surface area contributed by atoms with E-state index in [2.05, 4.69) is 195 Å². The van der Waals surface area contributed by atoms with E-state index in [0.29, 0.717) is 0 Å². The fourth-order valence-corrected chi connectivity index (χ4v) is 12.4. The Labute approximate surface area is 431 Å². The van der Waals surface area contributed by atoms with E-state index in [4.69, 9.17) is 28.4 Å². The van der Waals surface area contributed by atoms with Crippen LogP contribution in [0.3, 0.4) is 0 Å². The third kappa shape index (κ3) is 8.79. The molecule has 0 bridgehead atoms. The molecule has 0 fully saturated rings. The van der Waals surface area contributed by atoms with E-state index in [1.807, 2.05) is 0 Å². The minimum atomic E-state index is -0.717. The molecule has 0 saturated heterocycles. The Morgan fingerprint density at radius 2 is 0.292 bits per heavy atom. The van der Waals surface area contributed by atoms with E-state index in [0.717, 1.165) is 151 Å². The van der Waals surface area contributed by atoms with E-state index in [1.54, 1.807) is 42.7 Å². The van der Waals surface area contributed by atoms with Gasteiger partial charge in [0.2, 0.25) is 0 Å². The fraction of sp³-hybridized carbons (Fsp3) is 0.364. The molecule has 6 nitrogen and oxygen atoms in total. The van der Waals surface area contributed by atoms with E-state index >= 15 is 0 Å². The SMILES string of the molecule is COc1c(C)cc(C(C)(c2cc(C(C)(c3cc(C)c(OC)c(C)c3)c3cc(C)c(OC)c(C)c3)cc(C(C)(c3cc(C)c(OC)c(C)c3)c3cc(C)c(OC)c(C)c3)c2)c2cc(C)c(OC)c(C)c2)cc1C. The standard InChI is InChI=1S/C66H78O6/c1-37-22-49(23-38(2)58(37)67-16)64(13,50-24-39(3)59(68-17)40(4)25-50)55-34-56(65(14,51-26-41(5)60(69-18)42(6)27-51)52-28-43(7)61(70-19)44(8)29-52)36-57(35-55)66(15,53-30-45(9)62(71-20)46(10)31-53)54-32-47(11)63(72-21)48(12)33-54/h22-36H,1-21H3. The maximum absolute atomic E-state index is 6.04. The van der Waals surface area contributed by atoms with E-state index < -0.39 is 16.2 Å². The van der Waals surface area contributed by atoms with Gasteiger partial charge in [-0.05, 0) is 221 Å². The maximum atomic E-state index is 6.04. The zero-order valence-corrected chi connectivity index (χ0v) is 47.1. The molecule has 7 aromatic carbocycles. The highest BCUT2D eigenvalue weighted by atomic mass is 16.5. The van der Waals surface area contributed by atoms with Gasteiger partial charge in [0.25, 0.3) is 0 Å². The highest BCUT2D eigenvalue weighted by Crippen LogP contribution is 2.52. The van der Waals surface area contributed by atoms with Gasteiger partial charge in [-0.1, -0.05) is 91.0 Å². The Morgan fingerprint density at radius 3 is 0.389 bits per heavy atom. The van der Waals surface area contributed by atoms with Gasteiger partial charge in [0.15, 0.2) is 0 Å². The summed E-state index contributed by atoms with van der Waals surface area (Å²) in [4.78, 5) is 0. The molecule has 0 saturated carbocycles. The zero-order chi connectivity index (χ0) is 52.9. The molecule has 0 atom stereocenters. The van der Waals surface area contributed by atoms with Gasteiger partial charge < -0.3 is 28.4 Å². The van der Waals surface area contributed by atoms with Crippen LogP contribution in [0.5, 0.6) is 34.5 Å². The quantitative estimate of drug-likeness (QED) is 0.0955. The minimum absolute atomic E-state index is 0.717. The van der Waals surface area contributed by atoms with Gasteiger partial charge in [-0.3, -0.25) is 0 Å². The van der Waals surface area contributed by atoms with Crippen molar-refractivity contribution >= 4 is 0 Å². The molecule has 7 rings (SSSR count). The molecule has 0 radical (unpaired) electrons. The summed E-state index contributed by atoms with van der Waals surface area (Å²) in [5.74, 6) is 5.35. The third-order valence-electron chi connectivity index (χ3n) is 16.1. The first kappa shape index (κ1) is 53.1. The maximum Gasteiger partial charge on any atom is 0.124 e. The molecular weight excluding hydrogens is 889 g/mol. The molecule has 0 N–H and O–H groups in total. The monoisotopic (exact) mass is 967 g/mol. The van der Waals surface area contributed by atoms with Crippen LogP contribution in [0.25, 0.3) is 0 Å². The number of ether oxygens (including phenoxy) is 6. The molecule has 0 amide bonds. The first-order valence-electron chi connectivity index (χ1n) is 25.1. The Bertz CT molecular complexity index is 2550. The molecular formula is C66H78O6. The van der Waals surface area contributed by atoms with Gasteiger partial charge in [0.05, 0.1) is 42.7 Å². The predicted octanol–water partition coefficient (Wildman–Crippen LogP) is 15.5. The van der Waals surface area contributed by atoms with Crippen LogP contribution in [0.1, 0.15) is 138 Å². The minimum Gasteiger partial charge on any atom is -0.496 e. The predicted molar refractivity (Wildman–Crippen MR) is 298 cm³/mol. The summed E-state index contributed by atoms with van der Waals surface area (Å²) in [6.07, 6.45) is 0. The molecule has 0 aliphatic heterocycles. The topological polar surface area (TPSA) is 55.4 Å². The van der Waals surface area contributed by atoms with Crippen molar-refractivity contribution < 1.29 is 28.4 Å². The highest BCUT2D eigenvalue weighted by Gasteiger charge is 2.42. The summed E-state index contributed by atoms with van der Waals surface area (Å²) in [7, 11) is 10.6. The summed E-state index contributed by atoms with van der Waals surface area (Å²) in [5.41, 5.74) is 21.2. The second-order valence-electron chi connectivity index (χ2n) is 21.0. The molecule has 72 heavy (non-hydrogen) atoms. The lowest BCUT2D eigenvalue weighted by atomic mass is 9.62. The Morgan fingerprint density at radius 1 is 0.194 bits per heavy atom. The van der Waals surface area contributed by atoms with Crippen LogP contribution >= 0.6 is 0 Å². The van der Waals surface area contributed by atoms with Crippen molar-refractivity contribution in [2.24, 2.45) is 0 Å². The van der Waals surface area contributed by atoms with Crippen LogP contribution in [0.4, 0.5) is 0 Å². The smallest absolute Gasteiger partial charge is 0.124 e. The van der Waals surface area contributed by atoms with Gasteiger partial charge in [-0.15, -0.1) is 0 Å². The summed E-state index contributed by atoms with van der Waals surface area (Å²) < 4.78 is 36.2. The van der Waals surface area contributed by atoms with Gasteiger partial charge in [-0.25, -0.2) is 0 Å². The average molecular weight is 967 g/mol. The van der Waals surface area contributed by atoms with Crippen molar-refractivity contribution in [3.8, 4) is 34.5 Å². The average Bonchev–Trinajstić information content (AvgIpc) is 3.32. The molecule has 0 unspecified atom stereocenters. The van der Waals surface area contributed by atoms with Crippen molar-refractivity contribution in [3.05, 3.63) is 208 Å². The van der Waals surface area contributed by atoms with Crippen molar-refractivity contribution in [1.29, 1.82) is 0 Å². The van der Waals surface area contributed by atoms with Crippen LogP contribution in [0.2, 0.25) is 0 Å². The first-order valence-corrected chi connectivity index (χ1v) is 25.1. The number of hydrogen-bond acceptors (Lipinski definition) is 6. The number of methoxy groups -OCH3 is 6. The summed E-state index contributed by atoms with van der Waals surface area (Å²) in [5, 5.41) is 0. The second-order valence-corrected chi connectivity index (χ2v) is 21.0. The third-order valence-corrected chi connectivity index (χ3v) is 16.1. The van der Waals surface area contributed by atoms with Crippen LogP contribution in [0.15, 0.2) is 91.0 Å². The van der Waals surface area contributed by atoms with Gasteiger partial charge in [-0.2, -0.15) is 0 Å². The van der Waals surface area contributed by atoms with Gasteiger partial charge >= 0.3 is 0 Å². The van der Waals surface area contributed by atoms with Crippen LogP contribution in [-0.2, 0) is 16.2 Å². The lowest BCUT2D eigenvalue weighted by Crippen LogP contribution is -2.33. The van der Waals surface area contributed by atoms with E-state index in [1.165, 1.54) is 0 Å². The summed E-state index contributed by atoms with van der Waals surface area (Å²) in [6, 6.07) is 35.4. The molecule has 7 aromatic rings. The lowest BCUT2D eigenvalue weighted by Gasteiger charge is -2.40. The molecule has 6 heteroatoms. The lowest BCUT2D eigenvalue weighted by molar-refractivity contribution is 0.407. The molecule has 0 heterocycles. The molecule has 0 spiro atoms. The molecule has 0 aliphatic rings. The molecule has 378 valence electrons. The van der Waals surface area contributed by atoms with Crippen molar-refractivity contribution in [2.45, 2.75) is 120 Å². The first-order chi connectivity index (χ1) is 34.0. The van der Waals surface area contributed by atoms with Crippen LogP contribution in [-0.4, -0.2) is 42.7 Å².